The highest BCUT2D eigenvalue weighted by atomic mass is 79.9. The van der Waals surface area contributed by atoms with Gasteiger partial charge in [-0.15, -0.1) is 0 Å². The van der Waals surface area contributed by atoms with Gasteiger partial charge in [0.25, 0.3) is 0 Å². The second-order valence-corrected chi connectivity index (χ2v) is 6.08. The summed E-state index contributed by atoms with van der Waals surface area (Å²) in [7, 11) is 1.71. The average molecular weight is 343 g/mol. The van der Waals surface area contributed by atoms with Crippen molar-refractivity contribution in [2.75, 3.05) is 38.3 Å². The lowest BCUT2D eigenvalue weighted by Crippen LogP contribution is -2.36. The number of nitrogens with one attached hydrogen (secondary N) is 1. The average Bonchev–Trinajstić information content (AvgIpc) is 2.46. The number of benzene rings is 1. The first-order valence-electron chi connectivity index (χ1n) is 7.12. The van der Waals surface area contributed by atoms with Gasteiger partial charge in [-0.3, -0.25) is 0 Å². The van der Waals surface area contributed by atoms with Crippen molar-refractivity contribution in [3.05, 3.63) is 28.2 Å². The number of hydrogen-bond donors (Lipinski definition) is 2. The normalized spacial score (nSPS) is 16.6. The van der Waals surface area contributed by atoms with E-state index in [0.29, 0.717) is 0 Å². The molecule has 1 heterocycles. The van der Waals surface area contributed by atoms with Crippen molar-refractivity contribution in [3.8, 4) is 0 Å². The smallest absolute Gasteiger partial charge is 0.0587 e. The van der Waals surface area contributed by atoms with Crippen molar-refractivity contribution in [2.45, 2.75) is 25.5 Å². The lowest BCUT2D eigenvalue weighted by Gasteiger charge is -2.33. The van der Waals surface area contributed by atoms with Gasteiger partial charge in [-0.2, -0.15) is 0 Å². The van der Waals surface area contributed by atoms with Crippen LogP contribution < -0.4 is 10.2 Å². The number of halogens is 1. The molecule has 1 aromatic rings. The summed E-state index contributed by atoms with van der Waals surface area (Å²) >= 11 is 3.55. The molecule has 0 spiro atoms. The summed E-state index contributed by atoms with van der Waals surface area (Å²) in [5.74, 6) is 0. The van der Waals surface area contributed by atoms with Crippen LogP contribution in [-0.4, -0.2) is 44.6 Å². The monoisotopic (exact) mass is 342 g/mol. The number of nitrogens with zero attached hydrogens (tertiary/aromatic N) is 1. The summed E-state index contributed by atoms with van der Waals surface area (Å²) in [4.78, 5) is 2.37. The first kappa shape index (κ1) is 15.8. The quantitative estimate of drug-likeness (QED) is 0.777. The zero-order chi connectivity index (χ0) is 14.4. The molecule has 0 bridgehead atoms. The van der Waals surface area contributed by atoms with E-state index in [2.05, 4.69) is 44.3 Å². The predicted molar refractivity (Wildman–Crippen MR) is 85.2 cm³/mol. The Hall–Kier alpha value is -0.620. The van der Waals surface area contributed by atoms with Gasteiger partial charge < -0.3 is 20.1 Å². The second-order valence-electron chi connectivity index (χ2n) is 5.16. The third-order valence-corrected chi connectivity index (χ3v) is 4.14. The van der Waals surface area contributed by atoms with E-state index in [9.17, 15) is 5.11 Å². The SMILES string of the molecule is COCCNCc1ccc(Br)cc1N1CCC(O)CC1. The van der Waals surface area contributed by atoms with Gasteiger partial charge in [-0.05, 0) is 30.5 Å². The van der Waals surface area contributed by atoms with Crippen LogP contribution >= 0.6 is 15.9 Å². The highest BCUT2D eigenvalue weighted by Crippen LogP contribution is 2.27. The summed E-state index contributed by atoms with van der Waals surface area (Å²) in [5.41, 5.74) is 2.55. The summed E-state index contributed by atoms with van der Waals surface area (Å²) in [6, 6.07) is 6.41. The minimum Gasteiger partial charge on any atom is -0.393 e. The largest absolute Gasteiger partial charge is 0.393 e. The molecular weight excluding hydrogens is 320 g/mol. The summed E-state index contributed by atoms with van der Waals surface area (Å²) < 4.78 is 6.15. The molecule has 1 saturated heterocycles. The highest BCUT2D eigenvalue weighted by Gasteiger charge is 2.19. The molecule has 2 rings (SSSR count). The predicted octanol–water partition coefficient (Wildman–Crippen LogP) is 2.15. The van der Waals surface area contributed by atoms with Gasteiger partial charge in [-0.25, -0.2) is 0 Å². The fourth-order valence-corrected chi connectivity index (χ4v) is 2.83. The first-order valence-corrected chi connectivity index (χ1v) is 7.91. The Labute approximate surface area is 129 Å². The zero-order valence-corrected chi connectivity index (χ0v) is 13.5. The zero-order valence-electron chi connectivity index (χ0n) is 11.9. The van der Waals surface area contributed by atoms with Gasteiger partial charge in [0.15, 0.2) is 0 Å². The Morgan fingerprint density at radius 2 is 2.15 bits per heavy atom. The van der Waals surface area contributed by atoms with Crippen molar-refractivity contribution in [1.82, 2.24) is 5.32 Å². The molecule has 2 N–H and O–H groups in total. The fraction of sp³-hybridized carbons (Fsp3) is 0.600. The number of methoxy groups -OCH3 is 1. The number of ether oxygens (including phenoxy) is 1. The van der Waals surface area contributed by atoms with Crippen LogP contribution in [0.2, 0.25) is 0 Å². The molecule has 5 heteroatoms. The number of aliphatic hydroxyl groups excluding tert-OH is 1. The lowest BCUT2D eigenvalue weighted by molar-refractivity contribution is 0.145. The topological polar surface area (TPSA) is 44.7 Å². The molecule has 112 valence electrons. The van der Waals surface area contributed by atoms with E-state index in [0.717, 1.165) is 50.1 Å². The van der Waals surface area contributed by atoms with Crippen LogP contribution in [0, 0.1) is 0 Å². The minimum absolute atomic E-state index is 0.137. The molecular formula is C15H23BrN2O2. The number of rotatable bonds is 6. The molecule has 4 nitrogen and oxygen atoms in total. The van der Waals surface area contributed by atoms with Gasteiger partial charge in [0, 0.05) is 43.4 Å². The Morgan fingerprint density at radius 1 is 1.40 bits per heavy atom. The molecule has 1 aliphatic rings. The molecule has 1 fully saturated rings. The lowest BCUT2D eigenvalue weighted by atomic mass is 10.1. The van der Waals surface area contributed by atoms with Gasteiger partial charge in [0.1, 0.15) is 0 Å². The van der Waals surface area contributed by atoms with E-state index < -0.39 is 0 Å². The van der Waals surface area contributed by atoms with Crippen LogP contribution in [0.3, 0.4) is 0 Å². The summed E-state index contributed by atoms with van der Waals surface area (Å²) in [5, 5.41) is 13.0. The van der Waals surface area contributed by atoms with Crippen LogP contribution in [-0.2, 0) is 11.3 Å². The third-order valence-electron chi connectivity index (χ3n) is 3.65. The molecule has 0 radical (unpaired) electrons. The van der Waals surface area contributed by atoms with Crippen LogP contribution in [0.15, 0.2) is 22.7 Å². The van der Waals surface area contributed by atoms with Crippen LogP contribution in [0.1, 0.15) is 18.4 Å². The molecule has 0 amide bonds. The second kappa shape index (κ2) is 7.98. The Bertz CT molecular complexity index is 420. The van der Waals surface area contributed by atoms with E-state index in [1.807, 2.05) is 0 Å². The number of piperidine rings is 1. The maximum atomic E-state index is 9.64. The molecule has 0 aliphatic carbocycles. The van der Waals surface area contributed by atoms with Gasteiger partial charge >= 0.3 is 0 Å². The molecule has 0 aromatic heterocycles. The van der Waals surface area contributed by atoms with E-state index in [1.165, 1.54) is 11.3 Å². The maximum Gasteiger partial charge on any atom is 0.0587 e. The van der Waals surface area contributed by atoms with Gasteiger partial charge in [0.2, 0.25) is 0 Å². The van der Waals surface area contributed by atoms with Crippen molar-refractivity contribution in [2.24, 2.45) is 0 Å². The van der Waals surface area contributed by atoms with E-state index >= 15 is 0 Å². The Kier molecular flexibility index (Phi) is 6.29. The van der Waals surface area contributed by atoms with Gasteiger partial charge in [0.05, 0.1) is 12.7 Å². The van der Waals surface area contributed by atoms with Gasteiger partial charge in [-0.1, -0.05) is 22.0 Å². The van der Waals surface area contributed by atoms with Crippen molar-refractivity contribution < 1.29 is 9.84 Å². The van der Waals surface area contributed by atoms with E-state index in [-0.39, 0.29) is 6.10 Å². The first-order chi connectivity index (χ1) is 9.70. The van der Waals surface area contributed by atoms with Crippen LogP contribution in [0.5, 0.6) is 0 Å². The third kappa shape index (κ3) is 4.45. The number of hydrogen-bond acceptors (Lipinski definition) is 4. The van der Waals surface area contributed by atoms with E-state index in [4.69, 9.17) is 4.74 Å². The molecule has 0 saturated carbocycles. The summed E-state index contributed by atoms with van der Waals surface area (Å²) in [6.45, 7) is 4.25. The molecule has 1 aliphatic heterocycles. The van der Waals surface area contributed by atoms with Crippen molar-refractivity contribution in [1.29, 1.82) is 0 Å². The standard InChI is InChI=1S/C15H23BrN2O2/c1-20-9-6-17-11-12-2-3-13(16)10-15(12)18-7-4-14(19)5-8-18/h2-3,10,14,17,19H,4-9,11H2,1H3. The van der Waals surface area contributed by atoms with Crippen LogP contribution in [0.4, 0.5) is 5.69 Å². The number of anilines is 1. The fourth-order valence-electron chi connectivity index (χ4n) is 2.48. The summed E-state index contributed by atoms with van der Waals surface area (Å²) in [6.07, 6.45) is 1.56. The molecule has 20 heavy (non-hydrogen) atoms. The Morgan fingerprint density at radius 3 is 2.85 bits per heavy atom. The number of aliphatic hydroxyl groups is 1. The molecule has 0 atom stereocenters. The Balaban J connectivity index is 2.03. The van der Waals surface area contributed by atoms with Crippen molar-refractivity contribution in [3.63, 3.8) is 0 Å². The van der Waals surface area contributed by atoms with Crippen molar-refractivity contribution >= 4 is 21.6 Å². The maximum absolute atomic E-state index is 9.64. The van der Waals surface area contributed by atoms with E-state index in [1.54, 1.807) is 7.11 Å². The molecule has 1 aromatic carbocycles. The van der Waals surface area contributed by atoms with Crippen LogP contribution in [0.25, 0.3) is 0 Å². The highest BCUT2D eigenvalue weighted by molar-refractivity contribution is 9.10. The molecule has 0 unspecified atom stereocenters. The minimum atomic E-state index is -0.137.